The van der Waals surface area contributed by atoms with Gasteiger partial charge in [0.15, 0.2) is 5.78 Å². The van der Waals surface area contributed by atoms with Gasteiger partial charge in [-0.2, -0.15) is 0 Å². The maximum Gasteiger partial charge on any atom is 0.163 e. The number of carbonyl (C=O) groups is 1. The smallest absolute Gasteiger partial charge is 0.163 e. The summed E-state index contributed by atoms with van der Waals surface area (Å²) in [5, 5.41) is 0. The first-order valence-electron chi connectivity index (χ1n) is 7.39. The third-order valence-electron chi connectivity index (χ3n) is 6.07. The van der Waals surface area contributed by atoms with Gasteiger partial charge in [0.2, 0.25) is 0 Å². The molecular weight excluding hydrogens is 232 g/mol. The van der Waals surface area contributed by atoms with Crippen LogP contribution in [0.3, 0.4) is 0 Å². The molecule has 0 amide bonds. The van der Waals surface area contributed by atoms with Crippen LogP contribution in [-0.4, -0.2) is 5.78 Å². The molecule has 102 valence electrons. The molecule has 2 atom stereocenters. The number of fused-ring (bicyclic) bond motifs is 2. The number of ketones is 1. The van der Waals surface area contributed by atoms with Crippen molar-refractivity contribution < 1.29 is 4.79 Å². The largest absolute Gasteiger partial charge is 0.294 e. The number of hydrogen-bond acceptors (Lipinski definition) is 1. The molecule has 0 unspecified atom stereocenters. The fourth-order valence-electron chi connectivity index (χ4n) is 4.20. The van der Waals surface area contributed by atoms with Gasteiger partial charge in [-0.05, 0) is 45.4 Å². The fraction of sp³-hybridized carbons (Fsp3) is 0.611. The maximum atomic E-state index is 12.1. The first-order valence-corrected chi connectivity index (χ1v) is 7.39. The van der Waals surface area contributed by atoms with Crippen LogP contribution in [0, 0.1) is 5.92 Å². The molecule has 0 radical (unpaired) electrons. The van der Waals surface area contributed by atoms with Crippen molar-refractivity contribution in [2.24, 2.45) is 5.92 Å². The van der Waals surface area contributed by atoms with Crippen molar-refractivity contribution in [3.05, 3.63) is 34.4 Å². The van der Waals surface area contributed by atoms with E-state index in [0.717, 1.165) is 5.56 Å². The summed E-state index contributed by atoms with van der Waals surface area (Å²) in [5.74, 6) is 1.31. The molecule has 0 saturated heterocycles. The molecule has 0 bridgehead atoms. The average Bonchev–Trinajstić information content (AvgIpc) is 2.67. The van der Waals surface area contributed by atoms with Gasteiger partial charge < -0.3 is 0 Å². The molecule has 1 aromatic rings. The van der Waals surface area contributed by atoms with Crippen LogP contribution in [0.15, 0.2) is 12.1 Å². The summed E-state index contributed by atoms with van der Waals surface area (Å²) in [6.07, 6.45) is 0.689. The fourth-order valence-corrected chi connectivity index (χ4v) is 4.20. The van der Waals surface area contributed by atoms with E-state index in [-0.39, 0.29) is 10.8 Å². The lowest BCUT2D eigenvalue weighted by Crippen LogP contribution is -2.30. The molecular formula is C18H24O. The Hall–Kier alpha value is -1.11. The molecule has 0 fully saturated rings. The Kier molecular flexibility index (Phi) is 2.38. The minimum atomic E-state index is 0.153. The predicted molar refractivity (Wildman–Crippen MR) is 79.0 cm³/mol. The van der Waals surface area contributed by atoms with Crippen molar-refractivity contribution in [3.63, 3.8) is 0 Å². The topological polar surface area (TPSA) is 17.1 Å². The highest BCUT2D eigenvalue weighted by atomic mass is 16.1. The number of benzene rings is 1. The summed E-state index contributed by atoms with van der Waals surface area (Å²) < 4.78 is 0. The zero-order valence-corrected chi connectivity index (χ0v) is 12.9. The quantitative estimate of drug-likeness (QED) is 0.664. The summed E-state index contributed by atoms with van der Waals surface area (Å²) in [7, 11) is 0. The molecule has 0 aliphatic heterocycles. The van der Waals surface area contributed by atoms with Gasteiger partial charge in [0.1, 0.15) is 0 Å². The molecule has 0 heterocycles. The maximum absolute atomic E-state index is 12.1. The van der Waals surface area contributed by atoms with Gasteiger partial charge >= 0.3 is 0 Å². The van der Waals surface area contributed by atoms with Crippen LogP contribution in [0.2, 0.25) is 0 Å². The standard InChI is InChI=1S/C18H24O/c1-10-7-16(19)13-9-15-14(8-12(10)13)17(3,4)11(2)18(15,5)6/h8-11H,7H2,1-6H3/t10-,11-/m0/s1. The van der Waals surface area contributed by atoms with Gasteiger partial charge in [0, 0.05) is 12.0 Å². The summed E-state index contributed by atoms with van der Waals surface area (Å²) in [4.78, 5) is 12.1. The van der Waals surface area contributed by atoms with Gasteiger partial charge in [-0.1, -0.05) is 47.6 Å². The third-order valence-corrected chi connectivity index (χ3v) is 6.07. The number of hydrogen-bond donors (Lipinski definition) is 0. The lowest BCUT2D eigenvalue weighted by molar-refractivity contribution is 0.0990. The van der Waals surface area contributed by atoms with Crippen LogP contribution >= 0.6 is 0 Å². The van der Waals surface area contributed by atoms with Crippen molar-refractivity contribution in [2.75, 3.05) is 0 Å². The van der Waals surface area contributed by atoms with E-state index in [4.69, 9.17) is 0 Å². The van der Waals surface area contributed by atoms with E-state index in [9.17, 15) is 4.79 Å². The molecule has 1 heteroatoms. The Bertz CT molecular complexity index is 578. The Morgan fingerprint density at radius 2 is 1.53 bits per heavy atom. The van der Waals surface area contributed by atoms with Gasteiger partial charge in [-0.15, -0.1) is 0 Å². The summed E-state index contributed by atoms with van der Waals surface area (Å²) >= 11 is 0. The van der Waals surface area contributed by atoms with Gasteiger partial charge in [-0.25, -0.2) is 0 Å². The third kappa shape index (κ3) is 1.45. The summed E-state index contributed by atoms with van der Waals surface area (Å²) in [6.45, 7) is 13.8. The molecule has 3 rings (SSSR count). The highest BCUT2D eigenvalue weighted by Crippen LogP contribution is 2.55. The zero-order chi connectivity index (χ0) is 14.2. The van der Waals surface area contributed by atoms with E-state index >= 15 is 0 Å². The highest BCUT2D eigenvalue weighted by molar-refractivity contribution is 6.01. The Morgan fingerprint density at radius 3 is 2.11 bits per heavy atom. The number of Topliss-reactive ketones (excluding diaryl/α,β-unsaturated/α-hetero) is 1. The normalized spacial score (nSPS) is 30.3. The number of rotatable bonds is 0. The van der Waals surface area contributed by atoms with Crippen molar-refractivity contribution >= 4 is 5.78 Å². The van der Waals surface area contributed by atoms with Gasteiger partial charge in [-0.3, -0.25) is 4.79 Å². The Labute approximate surface area is 116 Å². The minimum Gasteiger partial charge on any atom is -0.294 e. The van der Waals surface area contributed by atoms with E-state index < -0.39 is 0 Å². The molecule has 1 nitrogen and oxygen atoms in total. The van der Waals surface area contributed by atoms with Crippen molar-refractivity contribution in [2.45, 2.75) is 64.7 Å². The van der Waals surface area contributed by atoms with Crippen LogP contribution in [0.4, 0.5) is 0 Å². The van der Waals surface area contributed by atoms with E-state index in [2.05, 4.69) is 53.7 Å². The van der Waals surface area contributed by atoms with Crippen LogP contribution in [0.1, 0.15) is 80.9 Å². The molecule has 19 heavy (non-hydrogen) atoms. The Morgan fingerprint density at radius 1 is 1.00 bits per heavy atom. The van der Waals surface area contributed by atoms with Crippen LogP contribution in [0.25, 0.3) is 0 Å². The predicted octanol–water partition coefficient (Wildman–Crippen LogP) is 4.58. The van der Waals surface area contributed by atoms with Crippen molar-refractivity contribution in [3.8, 4) is 0 Å². The second kappa shape index (κ2) is 3.50. The SMILES string of the molecule is C[C@@H]1C(C)(C)c2cc3c(cc2C1(C)C)[C@@H](C)CC3=O. The van der Waals surface area contributed by atoms with Gasteiger partial charge in [0.25, 0.3) is 0 Å². The molecule has 0 N–H and O–H groups in total. The lowest BCUT2D eigenvalue weighted by Gasteiger charge is -2.32. The van der Waals surface area contributed by atoms with E-state index in [1.807, 2.05) is 0 Å². The zero-order valence-electron chi connectivity index (χ0n) is 12.9. The first-order chi connectivity index (χ1) is 8.67. The van der Waals surface area contributed by atoms with Crippen LogP contribution in [-0.2, 0) is 10.8 Å². The second-order valence-corrected chi connectivity index (χ2v) is 7.68. The summed E-state index contributed by atoms with van der Waals surface area (Å²) in [5.41, 5.74) is 5.47. The van der Waals surface area contributed by atoms with E-state index in [0.29, 0.717) is 24.0 Å². The minimum absolute atomic E-state index is 0.153. The van der Waals surface area contributed by atoms with Crippen molar-refractivity contribution in [1.29, 1.82) is 0 Å². The van der Waals surface area contributed by atoms with E-state index in [1.165, 1.54) is 16.7 Å². The molecule has 0 saturated carbocycles. The number of carbonyl (C=O) groups excluding carboxylic acids is 1. The molecule has 1 aromatic carbocycles. The summed E-state index contributed by atoms with van der Waals surface area (Å²) in [6, 6.07) is 4.55. The lowest BCUT2D eigenvalue weighted by atomic mass is 9.71. The van der Waals surface area contributed by atoms with Crippen LogP contribution < -0.4 is 0 Å². The van der Waals surface area contributed by atoms with Crippen molar-refractivity contribution in [1.82, 2.24) is 0 Å². The second-order valence-electron chi connectivity index (χ2n) is 7.68. The highest BCUT2D eigenvalue weighted by Gasteiger charge is 2.49. The average molecular weight is 256 g/mol. The first kappa shape index (κ1) is 12.9. The molecule has 2 aliphatic carbocycles. The Balaban J connectivity index is 2.30. The molecule has 0 aromatic heterocycles. The van der Waals surface area contributed by atoms with Gasteiger partial charge in [0.05, 0.1) is 0 Å². The van der Waals surface area contributed by atoms with Crippen LogP contribution in [0.5, 0.6) is 0 Å². The molecule has 0 spiro atoms. The molecule has 2 aliphatic rings. The monoisotopic (exact) mass is 256 g/mol. The van der Waals surface area contributed by atoms with E-state index in [1.54, 1.807) is 0 Å².